The maximum atomic E-state index is 13.0. The number of halogens is 1. The van der Waals surface area contributed by atoms with Crippen LogP contribution in [0.4, 0.5) is 14.9 Å². The van der Waals surface area contributed by atoms with Gasteiger partial charge in [0.2, 0.25) is 5.91 Å². The fraction of sp³-hybridized carbons (Fsp3) is 0.409. The van der Waals surface area contributed by atoms with Crippen molar-refractivity contribution in [2.75, 3.05) is 18.5 Å². The molecule has 31 heavy (non-hydrogen) atoms. The third-order valence-electron chi connectivity index (χ3n) is 5.07. The second-order valence-electron chi connectivity index (χ2n) is 7.40. The van der Waals surface area contributed by atoms with E-state index in [1.807, 2.05) is 6.07 Å². The second kappa shape index (κ2) is 11.4. The minimum absolute atomic E-state index is 0.106. The largest absolute Gasteiger partial charge is 0.394 e. The van der Waals surface area contributed by atoms with Crippen LogP contribution in [-0.4, -0.2) is 53.4 Å². The first-order valence-electron chi connectivity index (χ1n) is 10.3. The van der Waals surface area contributed by atoms with Crippen LogP contribution >= 0.6 is 0 Å². The Morgan fingerprint density at radius 2 is 1.97 bits per heavy atom. The summed E-state index contributed by atoms with van der Waals surface area (Å²) in [4.78, 5) is 28.3. The number of carbonyl (C=O) groups is 2. The van der Waals surface area contributed by atoms with Gasteiger partial charge in [-0.15, -0.1) is 0 Å². The molecule has 1 fully saturated rings. The molecule has 1 aliphatic rings. The van der Waals surface area contributed by atoms with Crippen molar-refractivity contribution in [3.05, 3.63) is 60.2 Å². The maximum Gasteiger partial charge on any atom is 0.319 e. The number of urea groups is 1. The molecular formula is C22H27FN4O4. The fourth-order valence-electron chi connectivity index (χ4n) is 3.48. The number of pyridine rings is 1. The van der Waals surface area contributed by atoms with Crippen molar-refractivity contribution in [2.45, 2.75) is 43.9 Å². The topological polar surface area (TPSA) is 113 Å². The van der Waals surface area contributed by atoms with Crippen molar-refractivity contribution in [2.24, 2.45) is 0 Å². The Hall–Kier alpha value is -3.04. The van der Waals surface area contributed by atoms with Gasteiger partial charge in [0.1, 0.15) is 11.9 Å². The summed E-state index contributed by atoms with van der Waals surface area (Å²) in [6, 6.07) is 10.1. The van der Waals surface area contributed by atoms with E-state index < -0.39 is 12.1 Å². The Bertz CT molecular complexity index is 850. The van der Waals surface area contributed by atoms with E-state index in [0.29, 0.717) is 37.2 Å². The minimum atomic E-state index is -0.540. The first-order valence-corrected chi connectivity index (χ1v) is 10.3. The molecule has 9 heteroatoms. The number of ether oxygens (including phenoxy) is 1. The number of benzene rings is 1. The van der Waals surface area contributed by atoms with Gasteiger partial charge in [0, 0.05) is 24.1 Å². The quantitative estimate of drug-likeness (QED) is 0.512. The van der Waals surface area contributed by atoms with E-state index >= 15 is 0 Å². The molecule has 1 aliphatic heterocycles. The van der Waals surface area contributed by atoms with Crippen molar-refractivity contribution in [3.63, 3.8) is 0 Å². The molecule has 1 saturated heterocycles. The highest BCUT2D eigenvalue weighted by Gasteiger charge is 2.31. The van der Waals surface area contributed by atoms with Gasteiger partial charge in [-0.1, -0.05) is 6.07 Å². The van der Waals surface area contributed by atoms with Gasteiger partial charge in [0.05, 0.1) is 25.2 Å². The summed E-state index contributed by atoms with van der Waals surface area (Å²) in [5.74, 6) is -0.490. The molecule has 4 N–H and O–H groups in total. The lowest BCUT2D eigenvalue weighted by atomic mass is 9.97. The van der Waals surface area contributed by atoms with Gasteiger partial charge in [-0.25, -0.2) is 9.18 Å². The van der Waals surface area contributed by atoms with Crippen LogP contribution in [0.1, 0.15) is 25.0 Å². The van der Waals surface area contributed by atoms with Gasteiger partial charge in [0.25, 0.3) is 0 Å². The van der Waals surface area contributed by atoms with Gasteiger partial charge in [-0.2, -0.15) is 0 Å². The summed E-state index contributed by atoms with van der Waals surface area (Å²) < 4.78 is 18.9. The zero-order valence-electron chi connectivity index (χ0n) is 17.1. The normalized spacial score (nSPS) is 20.6. The third kappa shape index (κ3) is 7.30. The molecule has 8 nitrogen and oxygen atoms in total. The van der Waals surface area contributed by atoms with Gasteiger partial charge >= 0.3 is 6.03 Å². The predicted octanol–water partition coefficient (Wildman–Crippen LogP) is 2.00. The Morgan fingerprint density at radius 3 is 2.68 bits per heavy atom. The van der Waals surface area contributed by atoms with E-state index in [9.17, 15) is 19.1 Å². The zero-order chi connectivity index (χ0) is 22.1. The molecule has 1 aromatic heterocycles. The predicted molar refractivity (Wildman–Crippen MR) is 113 cm³/mol. The fourth-order valence-corrected chi connectivity index (χ4v) is 3.48. The van der Waals surface area contributed by atoms with Crippen molar-refractivity contribution < 1.29 is 23.8 Å². The number of nitrogens with zero attached hydrogens (tertiary/aromatic N) is 1. The van der Waals surface area contributed by atoms with Crippen LogP contribution < -0.4 is 16.0 Å². The van der Waals surface area contributed by atoms with Crippen molar-refractivity contribution in [1.82, 2.24) is 15.6 Å². The molecule has 3 rings (SSSR count). The summed E-state index contributed by atoms with van der Waals surface area (Å²) in [6.07, 6.45) is 3.15. The van der Waals surface area contributed by atoms with Gasteiger partial charge in [-0.3, -0.25) is 9.78 Å². The molecule has 1 aromatic carbocycles. The van der Waals surface area contributed by atoms with E-state index in [2.05, 4.69) is 20.9 Å². The number of carbonyl (C=O) groups excluding carboxylic acids is 2. The molecule has 3 amide bonds. The number of aliphatic hydroxyl groups is 1. The Labute approximate surface area is 180 Å². The Balaban J connectivity index is 1.39. The van der Waals surface area contributed by atoms with Crippen LogP contribution in [0.2, 0.25) is 0 Å². The number of anilines is 1. The van der Waals surface area contributed by atoms with Crippen LogP contribution in [0.5, 0.6) is 0 Å². The standard InChI is InChI=1S/C22H27FN4O4/c23-15-4-6-16(7-5-15)26-22(30)27-19-9-8-18(31-20(19)14-28)10-12-25-21(29)13-17-3-1-2-11-24-17/h1-7,11,18-20,28H,8-10,12-14H2,(H,25,29)(H2,26,27,30)/t18-,19+,20+/m1/s1. The number of hydrogen-bond acceptors (Lipinski definition) is 5. The average Bonchev–Trinajstić information content (AvgIpc) is 2.77. The van der Waals surface area contributed by atoms with Crippen LogP contribution in [0.15, 0.2) is 48.7 Å². The molecule has 0 saturated carbocycles. The highest BCUT2D eigenvalue weighted by molar-refractivity contribution is 5.89. The lowest BCUT2D eigenvalue weighted by Crippen LogP contribution is -2.52. The van der Waals surface area contributed by atoms with E-state index in [1.165, 1.54) is 24.3 Å². The van der Waals surface area contributed by atoms with Crippen molar-refractivity contribution >= 4 is 17.6 Å². The van der Waals surface area contributed by atoms with Gasteiger partial charge in [-0.05, 0) is 55.7 Å². The molecule has 3 atom stereocenters. The molecular weight excluding hydrogens is 403 g/mol. The molecule has 0 spiro atoms. The van der Waals surface area contributed by atoms with Crippen molar-refractivity contribution in [1.29, 1.82) is 0 Å². The van der Waals surface area contributed by atoms with E-state index in [1.54, 1.807) is 18.3 Å². The van der Waals surface area contributed by atoms with Crippen LogP contribution in [0.25, 0.3) is 0 Å². The molecule has 166 valence electrons. The number of nitrogens with one attached hydrogen (secondary N) is 3. The molecule has 0 unspecified atom stereocenters. The number of hydrogen-bond donors (Lipinski definition) is 4. The van der Waals surface area contributed by atoms with Crippen LogP contribution in [0.3, 0.4) is 0 Å². The van der Waals surface area contributed by atoms with Gasteiger partial charge < -0.3 is 25.8 Å². The van der Waals surface area contributed by atoms with E-state index in [4.69, 9.17) is 4.74 Å². The molecule has 2 aromatic rings. The molecule has 0 radical (unpaired) electrons. The van der Waals surface area contributed by atoms with E-state index in [-0.39, 0.29) is 36.9 Å². The lowest BCUT2D eigenvalue weighted by Gasteiger charge is -2.36. The summed E-state index contributed by atoms with van der Waals surface area (Å²) >= 11 is 0. The molecule has 0 bridgehead atoms. The summed E-state index contributed by atoms with van der Waals surface area (Å²) in [6.45, 7) is 0.224. The van der Waals surface area contributed by atoms with Gasteiger partial charge in [0.15, 0.2) is 0 Å². The zero-order valence-corrected chi connectivity index (χ0v) is 17.1. The molecule has 2 heterocycles. The molecule has 0 aliphatic carbocycles. The summed E-state index contributed by atoms with van der Waals surface area (Å²) in [7, 11) is 0. The van der Waals surface area contributed by atoms with Crippen molar-refractivity contribution in [3.8, 4) is 0 Å². The maximum absolute atomic E-state index is 13.0. The smallest absolute Gasteiger partial charge is 0.319 e. The lowest BCUT2D eigenvalue weighted by molar-refractivity contribution is -0.121. The summed E-state index contributed by atoms with van der Waals surface area (Å²) in [5.41, 5.74) is 1.18. The minimum Gasteiger partial charge on any atom is -0.394 e. The summed E-state index contributed by atoms with van der Waals surface area (Å²) in [5, 5.41) is 18.0. The van der Waals surface area contributed by atoms with Crippen LogP contribution in [-0.2, 0) is 16.0 Å². The first kappa shape index (κ1) is 22.6. The first-order chi connectivity index (χ1) is 15.0. The third-order valence-corrected chi connectivity index (χ3v) is 5.07. The number of amides is 3. The van der Waals surface area contributed by atoms with E-state index in [0.717, 1.165) is 0 Å². The average molecular weight is 430 g/mol. The van der Waals surface area contributed by atoms with Crippen LogP contribution in [0, 0.1) is 5.82 Å². The highest BCUT2D eigenvalue weighted by atomic mass is 19.1. The number of aliphatic hydroxyl groups excluding tert-OH is 1. The Morgan fingerprint density at radius 1 is 1.16 bits per heavy atom. The SMILES string of the molecule is O=C(Cc1ccccn1)NCC[C@H]1CC[C@H](NC(=O)Nc2ccc(F)cc2)[C@H](CO)O1. The monoisotopic (exact) mass is 430 g/mol. The highest BCUT2D eigenvalue weighted by Crippen LogP contribution is 2.22. The Kier molecular flexibility index (Phi) is 8.31. The second-order valence-corrected chi connectivity index (χ2v) is 7.40. The number of aromatic nitrogens is 1. The number of rotatable bonds is 8.